The van der Waals surface area contributed by atoms with E-state index in [9.17, 15) is 19.2 Å². The maximum atomic E-state index is 13.2. The smallest absolute Gasteiger partial charge is 0.322 e. The number of aromatic nitrogens is 4. The number of nitrogens with one attached hydrogen (secondary N) is 6. The zero-order valence-corrected chi connectivity index (χ0v) is 38.0. The van der Waals surface area contributed by atoms with Crippen molar-refractivity contribution in [2.45, 2.75) is 207 Å². The van der Waals surface area contributed by atoms with Gasteiger partial charge in [-0.3, -0.25) is 30.2 Å². The highest BCUT2D eigenvalue weighted by atomic mass is 16.2. The van der Waals surface area contributed by atoms with Crippen molar-refractivity contribution in [3.63, 3.8) is 0 Å². The molecule has 6 N–H and O–H groups in total. The summed E-state index contributed by atoms with van der Waals surface area (Å²) in [6, 6.07) is 9.60. The number of carbonyl (C=O) groups is 2. The standard InChI is InChI=1S/C48H78N8O4/c1-7-9-11-13-15-17-19-21-23-25-27-32-39-35-41(57)51-43(49-39)53-45(59)55-47(3,4)37-30-29-31-38(34-37)48(5,6)56-46(60)54-44-50-40(36-42(58)52-44)33-28-26-24-22-20-18-16-14-12-10-8-2/h29-31,34-36H,7-28,32-33H2,1-6H3,(H3,49,51,53,55,57,59)(H3,50,52,54,56,58,60)/i51+1,52+1. The van der Waals surface area contributed by atoms with Crippen molar-refractivity contribution in [2.75, 3.05) is 10.6 Å². The van der Waals surface area contributed by atoms with Gasteiger partial charge in [0, 0.05) is 23.5 Å². The first kappa shape index (κ1) is 49.9. The third-order valence-electron chi connectivity index (χ3n) is 11.3. The number of rotatable bonds is 30. The van der Waals surface area contributed by atoms with E-state index in [1.165, 1.54) is 128 Å². The molecule has 0 atom stereocenters. The lowest BCUT2D eigenvalue weighted by molar-refractivity contribution is 0.241. The second-order valence-corrected chi connectivity index (χ2v) is 17.7. The van der Waals surface area contributed by atoms with Gasteiger partial charge in [0.05, 0.1) is 11.1 Å². The number of amides is 4. The number of anilines is 2. The lowest BCUT2D eigenvalue weighted by atomic mass is 9.87. The number of unbranched alkanes of at least 4 members (excludes halogenated alkanes) is 20. The minimum absolute atomic E-state index is 0.106. The Morgan fingerprint density at radius 3 is 1.15 bits per heavy atom. The third kappa shape index (κ3) is 20.2. The number of nitrogens with zero attached hydrogens (tertiary/aromatic N) is 2. The maximum Gasteiger partial charge on any atom is 0.322 e. The summed E-state index contributed by atoms with van der Waals surface area (Å²) >= 11 is 0. The number of urea groups is 2. The number of hydrogen-bond donors (Lipinski definition) is 6. The molecule has 0 fully saturated rings. The number of carbonyl (C=O) groups excluding carboxylic acids is 2. The summed E-state index contributed by atoms with van der Waals surface area (Å²) in [5.41, 5.74) is 0.650. The molecule has 0 unspecified atom stereocenters. The van der Waals surface area contributed by atoms with E-state index in [0.29, 0.717) is 24.2 Å². The zero-order valence-electron chi connectivity index (χ0n) is 38.0. The van der Waals surface area contributed by atoms with Gasteiger partial charge in [-0.15, -0.1) is 0 Å². The predicted octanol–water partition coefficient (Wildman–Crippen LogP) is 11.7. The molecule has 0 aliphatic rings. The van der Waals surface area contributed by atoms with Crippen LogP contribution in [0.1, 0.15) is 205 Å². The van der Waals surface area contributed by atoms with Crippen LogP contribution in [0, 0.1) is 0 Å². The van der Waals surface area contributed by atoms with E-state index < -0.39 is 23.1 Å². The maximum absolute atomic E-state index is 13.2. The Morgan fingerprint density at radius 1 is 0.500 bits per heavy atom. The molecular weight excluding hydrogens is 755 g/mol. The second kappa shape index (κ2) is 27.4. The lowest BCUT2D eigenvalue weighted by Gasteiger charge is -2.31. The molecule has 0 saturated heterocycles. The van der Waals surface area contributed by atoms with Crippen molar-refractivity contribution in [1.29, 1.82) is 0 Å². The van der Waals surface area contributed by atoms with Crippen molar-refractivity contribution in [3.05, 3.63) is 79.6 Å². The van der Waals surface area contributed by atoms with Gasteiger partial charge in [0.15, 0.2) is 0 Å². The van der Waals surface area contributed by atoms with Crippen LogP contribution in [0.5, 0.6) is 0 Å². The van der Waals surface area contributed by atoms with E-state index in [4.69, 9.17) is 0 Å². The molecule has 4 amide bonds. The van der Waals surface area contributed by atoms with Gasteiger partial charge in [-0.05, 0) is 64.5 Å². The summed E-state index contributed by atoms with van der Waals surface area (Å²) in [5.74, 6) is 0.212. The first-order valence-electron chi connectivity index (χ1n) is 23.3. The highest BCUT2D eigenvalue weighted by Gasteiger charge is 2.28. The minimum atomic E-state index is -0.830. The van der Waals surface area contributed by atoms with Crippen LogP contribution in [-0.4, -0.2) is 32.0 Å². The molecule has 3 aromatic rings. The van der Waals surface area contributed by atoms with E-state index in [2.05, 4.69) is 55.1 Å². The molecule has 0 bridgehead atoms. The van der Waals surface area contributed by atoms with Gasteiger partial charge in [0.25, 0.3) is 11.1 Å². The number of hydrogen-bond acceptors (Lipinski definition) is 6. The van der Waals surface area contributed by atoms with Crippen molar-refractivity contribution in [1.82, 2.24) is 30.6 Å². The largest absolute Gasteiger partial charge is 0.329 e. The molecule has 0 aliphatic carbocycles. The van der Waals surface area contributed by atoms with Crippen LogP contribution in [0.4, 0.5) is 21.5 Å². The molecule has 2 aromatic heterocycles. The van der Waals surface area contributed by atoms with Crippen molar-refractivity contribution >= 4 is 24.0 Å². The molecule has 0 radical (unpaired) electrons. The summed E-state index contributed by atoms with van der Waals surface area (Å²) in [5, 5.41) is 11.4. The first-order valence-corrected chi connectivity index (χ1v) is 23.3. The normalized spacial score (nSPS) is 11.7. The number of benzene rings is 1. The fourth-order valence-corrected chi connectivity index (χ4v) is 7.62. The number of aryl methyl sites for hydroxylation is 2. The van der Waals surface area contributed by atoms with Gasteiger partial charge in [0.2, 0.25) is 11.9 Å². The monoisotopic (exact) mass is 833 g/mol. The molecule has 12 nitrogen and oxygen atoms in total. The Hall–Kier alpha value is -4.48. The van der Waals surface area contributed by atoms with Crippen LogP contribution in [0.3, 0.4) is 0 Å². The van der Waals surface area contributed by atoms with E-state index in [-0.39, 0.29) is 23.0 Å². The average molecular weight is 833 g/mol. The molecule has 0 aliphatic heterocycles. The fraction of sp³-hybridized carbons (Fsp3) is 0.667. The highest BCUT2D eigenvalue weighted by molar-refractivity contribution is 5.88. The first-order chi connectivity index (χ1) is 28.8. The van der Waals surface area contributed by atoms with Crippen LogP contribution in [0.15, 0.2) is 46.0 Å². The van der Waals surface area contributed by atoms with Gasteiger partial charge in [0.1, 0.15) is 0 Å². The van der Waals surface area contributed by atoms with Gasteiger partial charge < -0.3 is 10.6 Å². The topological polar surface area (TPSA) is 174 Å². The Balaban J connectivity index is 1.46. The van der Waals surface area contributed by atoms with E-state index in [1.54, 1.807) is 0 Å². The second-order valence-electron chi connectivity index (χ2n) is 17.7. The summed E-state index contributed by atoms with van der Waals surface area (Å²) < 4.78 is 0. The van der Waals surface area contributed by atoms with Crippen molar-refractivity contribution in [2.24, 2.45) is 0 Å². The van der Waals surface area contributed by atoms with Crippen LogP contribution < -0.4 is 32.4 Å². The molecule has 334 valence electrons. The van der Waals surface area contributed by atoms with Gasteiger partial charge >= 0.3 is 12.1 Å². The SMILES string of the molecule is CCCCCCCCCCCCCc1cc(=O)[15nH]c(NC(=O)NC(C)(C)c2cccc(C(C)(C)NC(=O)Nc3nc(CCCCCCCCCCCCC)cc(=O)[15nH]3)c2)n1. The third-order valence-corrected chi connectivity index (χ3v) is 11.3. The average Bonchev–Trinajstić information content (AvgIpc) is 3.18. The quantitative estimate of drug-likeness (QED) is 0.0365. The molecule has 60 heavy (non-hydrogen) atoms. The van der Waals surface area contributed by atoms with Gasteiger partial charge in [-0.2, -0.15) is 0 Å². The summed E-state index contributed by atoms with van der Waals surface area (Å²) in [4.78, 5) is 65.6. The molecule has 12 heteroatoms. The van der Waals surface area contributed by atoms with Crippen molar-refractivity contribution < 1.29 is 9.59 Å². The Bertz CT molecular complexity index is 1690. The molecule has 3 rings (SSSR count). The summed E-state index contributed by atoms with van der Waals surface area (Å²) in [7, 11) is 0. The molecule has 0 saturated carbocycles. The van der Waals surface area contributed by atoms with Gasteiger partial charge in [-0.25, -0.2) is 19.6 Å². The Kier molecular flexibility index (Phi) is 22.8. The number of aromatic amines is 2. The van der Waals surface area contributed by atoms with Crippen molar-refractivity contribution in [3.8, 4) is 0 Å². The fourth-order valence-electron chi connectivity index (χ4n) is 7.62. The number of H-pyrrole nitrogens is 2. The highest BCUT2D eigenvalue weighted by Crippen LogP contribution is 2.27. The molecule has 2 heterocycles. The van der Waals surface area contributed by atoms with Gasteiger partial charge in [-0.1, -0.05) is 167 Å². The summed E-state index contributed by atoms with van der Waals surface area (Å²) in [6.07, 6.45) is 28.7. The molecule has 1 aromatic carbocycles. The van der Waals surface area contributed by atoms with E-state index >= 15 is 0 Å². The van der Waals surface area contributed by atoms with E-state index in [1.807, 2.05) is 52.0 Å². The predicted molar refractivity (Wildman–Crippen MR) is 247 cm³/mol. The van der Waals surface area contributed by atoms with Crippen LogP contribution in [0.2, 0.25) is 0 Å². The van der Waals surface area contributed by atoms with Crippen LogP contribution in [0.25, 0.3) is 0 Å². The van der Waals surface area contributed by atoms with Crippen LogP contribution in [-0.2, 0) is 23.9 Å². The molecule has 0 spiro atoms. The lowest BCUT2D eigenvalue weighted by Crippen LogP contribution is -2.45. The Labute approximate surface area is 360 Å². The Morgan fingerprint density at radius 2 is 0.817 bits per heavy atom. The molecular formula is C48H78N8O4. The minimum Gasteiger partial charge on any atom is -0.329 e. The van der Waals surface area contributed by atoms with Crippen LogP contribution >= 0.6 is 0 Å². The zero-order chi connectivity index (χ0) is 43.6. The summed E-state index contributed by atoms with van der Waals surface area (Å²) in [6.45, 7) is 12.0. The van der Waals surface area contributed by atoms with E-state index in [0.717, 1.165) is 36.8 Å².